The summed E-state index contributed by atoms with van der Waals surface area (Å²) in [6, 6.07) is 19.2. The molecule has 1 aromatic heterocycles. The fraction of sp³-hybridized carbons (Fsp3) is 0.400. The quantitative estimate of drug-likeness (QED) is 0.261. The van der Waals surface area contributed by atoms with E-state index in [9.17, 15) is 9.59 Å². The fourth-order valence-corrected chi connectivity index (χ4v) is 4.91. The monoisotopic (exact) mass is 538 g/mol. The van der Waals surface area contributed by atoms with Crippen molar-refractivity contribution in [2.24, 2.45) is 0 Å². The molecule has 2 amide bonds. The number of para-hydroxylation sites is 1. The Hall–Kier alpha value is -3.52. The zero-order chi connectivity index (χ0) is 27.3. The number of nitrogens with zero attached hydrogens (tertiary/aromatic N) is 2. The Labute approximate surface area is 229 Å². The number of benzene rings is 2. The number of thiophene rings is 1. The molecule has 0 unspecified atom stereocenters. The first-order valence-electron chi connectivity index (χ1n) is 12.9. The predicted octanol–water partition coefficient (Wildman–Crippen LogP) is 5.35. The molecule has 38 heavy (non-hydrogen) atoms. The molecule has 0 N–H and O–H groups in total. The minimum absolute atomic E-state index is 0.0211. The smallest absolute Gasteiger partial charge is 0.260 e. The molecule has 2 aromatic carbocycles. The van der Waals surface area contributed by atoms with Crippen molar-refractivity contribution in [1.82, 2.24) is 9.80 Å². The Bertz CT molecular complexity index is 1160. The number of ether oxygens (including phenoxy) is 3. The summed E-state index contributed by atoms with van der Waals surface area (Å²) in [7, 11) is 3.22. The van der Waals surface area contributed by atoms with Gasteiger partial charge in [0.2, 0.25) is 5.91 Å². The molecule has 0 spiro atoms. The van der Waals surface area contributed by atoms with E-state index in [1.165, 1.54) is 4.88 Å². The average Bonchev–Trinajstić information content (AvgIpc) is 3.36. The second-order valence-corrected chi connectivity index (χ2v) is 10.4. The van der Waals surface area contributed by atoms with E-state index < -0.39 is 0 Å². The van der Waals surface area contributed by atoms with Crippen molar-refractivity contribution in [3.63, 3.8) is 0 Å². The molecule has 0 aliphatic rings. The molecule has 0 bridgehead atoms. The minimum atomic E-state index is -0.192. The van der Waals surface area contributed by atoms with E-state index in [4.69, 9.17) is 14.2 Å². The summed E-state index contributed by atoms with van der Waals surface area (Å²) in [5, 5.41) is 0. The highest BCUT2D eigenvalue weighted by molar-refractivity contribution is 7.11. The lowest BCUT2D eigenvalue weighted by molar-refractivity contribution is -0.142. The van der Waals surface area contributed by atoms with Crippen molar-refractivity contribution in [3.05, 3.63) is 76.0 Å². The number of hydrogen-bond donors (Lipinski definition) is 0. The highest BCUT2D eigenvalue weighted by atomic mass is 32.1. The average molecular weight is 539 g/mol. The van der Waals surface area contributed by atoms with Crippen LogP contribution in [0.3, 0.4) is 0 Å². The third kappa shape index (κ3) is 8.80. The predicted molar refractivity (Wildman–Crippen MR) is 151 cm³/mol. The summed E-state index contributed by atoms with van der Waals surface area (Å²) in [5.41, 5.74) is 1.04. The normalized spacial score (nSPS) is 10.6. The molecule has 8 heteroatoms. The summed E-state index contributed by atoms with van der Waals surface area (Å²) in [6.45, 7) is 5.58. The molecule has 1 heterocycles. The summed E-state index contributed by atoms with van der Waals surface area (Å²) < 4.78 is 16.5. The third-order valence-corrected chi connectivity index (χ3v) is 7.17. The second-order valence-electron chi connectivity index (χ2n) is 9.04. The van der Waals surface area contributed by atoms with Crippen molar-refractivity contribution in [3.8, 4) is 17.2 Å². The van der Waals surface area contributed by atoms with Crippen LogP contribution in [0, 0.1) is 6.92 Å². The number of carbonyl (C=O) groups excluding carboxylic acids is 2. The van der Waals surface area contributed by atoms with Crippen LogP contribution in [-0.2, 0) is 22.6 Å². The van der Waals surface area contributed by atoms with Gasteiger partial charge in [0.25, 0.3) is 5.91 Å². The molecular weight excluding hydrogens is 500 g/mol. The molecule has 0 radical (unpaired) electrons. The van der Waals surface area contributed by atoms with Gasteiger partial charge >= 0.3 is 0 Å². The van der Waals surface area contributed by atoms with Gasteiger partial charge in [-0.05, 0) is 61.7 Å². The summed E-state index contributed by atoms with van der Waals surface area (Å²) in [6.07, 6.45) is 2.39. The van der Waals surface area contributed by atoms with E-state index in [1.807, 2.05) is 53.4 Å². The summed E-state index contributed by atoms with van der Waals surface area (Å²) in [4.78, 5) is 32.4. The molecule has 0 aliphatic carbocycles. The Morgan fingerprint density at radius 2 is 1.63 bits per heavy atom. The molecular formula is C30H38N2O5S. The van der Waals surface area contributed by atoms with E-state index in [0.717, 1.165) is 23.3 Å². The summed E-state index contributed by atoms with van der Waals surface area (Å²) >= 11 is 1.68. The number of amides is 2. The molecule has 0 atom stereocenters. The van der Waals surface area contributed by atoms with Gasteiger partial charge in [-0.2, -0.15) is 0 Å². The molecule has 3 rings (SSSR count). The Balaban J connectivity index is 1.71. The van der Waals surface area contributed by atoms with Gasteiger partial charge < -0.3 is 24.0 Å². The van der Waals surface area contributed by atoms with Crippen LogP contribution in [0.5, 0.6) is 17.2 Å². The molecule has 0 fully saturated rings. The molecule has 0 aliphatic heterocycles. The van der Waals surface area contributed by atoms with Gasteiger partial charge in [-0.1, -0.05) is 37.6 Å². The van der Waals surface area contributed by atoms with E-state index in [2.05, 4.69) is 26.0 Å². The van der Waals surface area contributed by atoms with E-state index in [0.29, 0.717) is 43.3 Å². The van der Waals surface area contributed by atoms with Crippen molar-refractivity contribution < 1.29 is 23.8 Å². The van der Waals surface area contributed by atoms with Crippen molar-refractivity contribution in [1.29, 1.82) is 0 Å². The van der Waals surface area contributed by atoms with Crippen LogP contribution in [-0.4, -0.2) is 62.1 Å². The highest BCUT2D eigenvalue weighted by Crippen LogP contribution is 2.28. The Morgan fingerprint density at radius 1 is 0.868 bits per heavy atom. The Kier molecular flexibility index (Phi) is 11.5. The van der Waals surface area contributed by atoms with Gasteiger partial charge in [0.15, 0.2) is 18.1 Å². The maximum atomic E-state index is 13.6. The van der Waals surface area contributed by atoms with E-state index >= 15 is 0 Å². The standard InChI is InChI=1S/C30H38N2O5S/c1-5-6-17-31(30(34)22-37-25-10-8-7-9-11-25)21-29(33)32(20-26-14-12-23(2)38-26)18-16-24-13-15-27(35-3)28(19-24)36-4/h7-15,19H,5-6,16-18,20-22H2,1-4H3. The van der Waals surface area contributed by atoms with Crippen LogP contribution in [0.4, 0.5) is 0 Å². The number of aryl methyl sites for hydroxylation is 1. The zero-order valence-electron chi connectivity index (χ0n) is 22.8. The molecule has 0 saturated carbocycles. The van der Waals surface area contributed by atoms with Gasteiger partial charge in [-0.15, -0.1) is 11.3 Å². The maximum absolute atomic E-state index is 13.6. The van der Waals surface area contributed by atoms with Gasteiger partial charge in [-0.3, -0.25) is 9.59 Å². The van der Waals surface area contributed by atoms with Gasteiger partial charge in [0.05, 0.1) is 27.3 Å². The number of hydrogen-bond acceptors (Lipinski definition) is 6. The number of methoxy groups -OCH3 is 2. The van der Waals surface area contributed by atoms with Crippen LogP contribution < -0.4 is 14.2 Å². The highest BCUT2D eigenvalue weighted by Gasteiger charge is 2.22. The Morgan fingerprint density at radius 3 is 2.29 bits per heavy atom. The minimum Gasteiger partial charge on any atom is -0.493 e. The lowest BCUT2D eigenvalue weighted by Crippen LogP contribution is -2.45. The second kappa shape index (κ2) is 15.0. The van der Waals surface area contributed by atoms with Gasteiger partial charge in [-0.25, -0.2) is 0 Å². The van der Waals surface area contributed by atoms with E-state index in [-0.39, 0.29) is 25.0 Å². The number of rotatable bonds is 15. The van der Waals surface area contributed by atoms with Gasteiger partial charge in [0, 0.05) is 22.8 Å². The maximum Gasteiger partial charge on any atom is 0.260 e. The molecule has 3 aromatic rings. The topological polar surface area (TPSA) is 68.3 Å². The third-order valence-electron chi connectivity index (χ3n) is 6.18. The molecule has 7 nitrogen and oxygen atoms in total. The first kappa shape index (κ1) is 29.0. The largest absolute Gasteiger partial charge is 0.493 e. The van der Waals surface area contributed by atoms with Crippen LogP contribution in [0.15, 0.2) is 60.7 Å². The van der Waals surface area contributed by atoms with E-state index in [1.54, 1.807) is 30.5 Å². The lowest BCUT2D eigenvalue weighted by atomic mass is 10.1. The number of carbonyl (C=O) groups is 2. The first-order valence-corrected chi connectivity index (χ1v) is 13.7. The fourth-order valence-electron chi connectivity index (χ4n) is 4.01. The lowest BCUT2D eigenvalue weighted by Gasteiger charge is -2.28. The number of unbranched alkanes of at least 4 members (excludes halogenated alkanes) is 1. The van der Waals surface area contributed by atoms with Crippen LogP contribution in [0.2, 0.25) is 0 Å². The SMILES string of the molecule is CCCCN(CC(=O)N(CCc1ccc(OC)c(OC)c1)Cc1ccc(C)s1)C(=O)COc1ccccc1. The van der Waals surface area contributed by atoms with Crippen LogP contribution in [0.1, 0.15) is 35.1 Å². The summed E-state index contributed by atoms with van der Waals surface area (Å²) in [5.74, 6) is 1.68. The zero-order valence-corrected chi connectivity index (χ0v) is 23.6. The van der Waals surface area contributed by atoms with Crippen LogP contribution in [0.25, 0.3) is 0 Å². The van der Waals surface area contributed by atoms with Crippen molar-refractivity contribution in [2.45, 2.75) is 39.7 Å². The van der Waals surface area contributed by atoms with Crippen molar-refractivity contribution in [2.75, 3.05) is 40.5 Å². The van der Waals surface area contributed by atoms with Crippen molar-refractivity contribution >= 4 is 23.2 Å². The van der Waals surface area contributed by atoms with Gasteiger partial charge in [0.1, 0.15) is 5.75 Å². The molecule has 204 valence electrons. The van der Waals surface area contributed by atoms with Crippen LogP contribution >= 0.6 is 11.3 Å². The first-order chi connectivity index (χ1) is 18.4. The molecule has 0 saturated heterocycles.